The second kappa shape index (κ2) is 6.72. The van der Waals surface area contributed by atoms with Crippen LogP contribution in [0, 0.1) is 5.92 Å². The van der Waals surface area contributed by atoms with E-state index in [1.54, 1.807) is 0 Å². The minimum Gasteiger partial charge on any atom is -0.380 e. The van der Waals surface area contributed by atoms with Crippen LogP contribution in [0.2, 0.25) is 0 Å². The predicted molar refractivity (Wildman–Crippen MR) is 71.3 cm³/mol. The summed E-state index contributed by atoms with van der Waals surface area (Å²) in [6.07, 6.45) is 6.91. The maximum atomic E-state index is 5.66. The van der Waals surface area contributed by atoms with Crippen LogP contribution in [0.25, 0.3) is 0 Å². The monoisotopic (exact) mass is 240 g/mol. The fourth-order valence-corrected chi connectivity index (χ4v) is 3.39. The van der Waals surface area contributed by atoms with Gasteiger partial charge in [0, 0.05) is 25.2 Å². The molecular formula is C14H28N2O. The molecule has 1 saturated heterocycles. The average molecular weight is 240 g/mol. The van der Waals surface area contributed by atoms with Gasteiger partial charge in [-0.2, -0.15) is 0 Å². The van der Waals surface area contributed by atoms with E-state index in [2.05, 4.69) is 24.2 Å². The van der Waals surface area contributed by atoms with Gasteiger partial charge in [-0.1, -0.05) is 19.8 Å². The standard InChI is InChI=1S/C14H28N2O/c1-3-15-13-8-9-17-11-14(13)16(2)10-12-6-4-5-7-12/h12-15H,3-11H2,1-2H3. The molecule has 0 aromatic heterocycles. The van der Waals surface area contributed by atoms with E-state index < -0.39 is 0 Å². The molecule has 0 radical (unpaired) electrons. The molecule has 2 atom stereocenters. The van der Waals surface area contributed by atoms with Gasteiger partial charge < -0.3 is 10.1 Å². The molecule has 1 heterocycles. The zero-order chi connectivity index (χ0) is 12.1. The van der Waals surface area contributed by atoms with Crippen LogP contribution < -0.4 is 5.32 Å². The van der Waals surface area contributed by atoms with Crippen molar-refractivity contribution in [1.29, 1.82) is 0 Å². The van der Waals surface area contributed by atoms with E-state index in [1.807, 2.05) is 0 Å². The lowest BCUT2D eigenvalue weighted by Crippen LogP contribution is -2.54. The Morgan fingerprint density at radius 1 is 1.24 bits per heavy atom. The number of likely N-dealkylation sites (N-methyl/N-ethyl adjacent to an activating group) is 2. The summed E-state index contributed by atoms with van der Waals surface area (Å²) < 4.78 is 5.66. The number of hydrogen-bond donors (Lipinski definition) is 1. The maximum absolute atomic E-state index is 5.66. The van der Waals surface area contributed by atoms with E-state index in [9.17, 15) is 0 Å². The molecule has 0 spiro atoms. The van der Waals surface area contributed by atoms with Crippen molar-refractivity contribution < 1.29 is 4.74 Å². The Bertz CT molecular complexity index is 214. The Kier molecular flexibility index (Phi) is 5.26. The quantitative estimate of drug-likeness (QED) is 0.794. The average Bonchev–Trinajstić information content (AvgIpc) is 2.83. The molecule has 0 aromatic rings. The van der Waals surface area contributed by atoms with Crippen LogP contribution in [0.5, 0.6) is 0 Å². The summed E-state index contributed by atoms with van der Waals surface area (Å²) in [7, 11) is 2.28. The van der Waals surface area contributed by atoms with Crippen LogP contribution in [-0.2, 0) is 4.74 Å². The van der Waals surface area contributed by atoms with Crippen LogP contribution in [0.15, 0.2) is 0 Å². The van der Waals surface area contributed by atoms with Crippen molar-refractivity contribution in [1.82, 2.24) is 10.2 Å². The van der Waals surface area contributed by atoms with Crippen molar-refractivity contribution in [2.24, 2.45) is 5.92 Å². The fourth-order valence-electron chi connectivity index (χ4n) is 3.39. The summed E-state index contributed by atoms with van der Waals surface area (Å²) in [5, 5.41) is 3.62. The lowest BCUT2D eigenvalue weighted by atomic mass is 10.00. The highest BCUT2D eigenvalue weighted by Crippen LogP contribution is 2.26. The summed E-state index contributed by atoms with van der Waals surface area (Å²) in [6, 6.07) is 1.20. The molecule has 2 rings (SSSR count). The number of rotatable bonds is 5. The van der Waals surface area contributed by atoms with Gasteiger partial charge in [-0.05, 0) is 38.8 Å². The van der Waals surface area contributed by atoms with E-state index >= 15 is 0 Å². The highest BCUT2D eigenvalue weighted by Gasteiger charge is 2.29. The zero-order valence-electron chi connectivity index (χ0n) is 11.5. The molecule has 100 valence electrons. The van der Waals surface area contributed by atoms with Crippen molar-refractivity contribution in [3.05, 3.63) is 0 Å². The molecule has 0 aromatic carbocycles. The van der Waals surface area contributed by atoms with Crippen LogP contribution >= 0.6 is 0 Å². The van der Waals surface area contributed by atoms with Gasteiger partial charge in [-0.3, -0.25) is 4.90 Å². The molecular weight excluding hydrogens is 212 g/mol. The van der Waals surface area contributed by atoms with Gasteiger partial charge in [0.15, 0.2) is 0 Å². The summed E-state index contributed by atoms with van der Waals surface area (Å²) in [6.45, 7) is 6.35. The Morgan fingerprint density at radius 3 is 2.71 bits per heavy atom. The summed E-state index contributed by atoms with van der Waals surface area (Å²) in [5.41, 5.74) is 0. The SMILES string of the molecule is CCNC1CCOCC1N(C)CC1CCCC1. The van der Waals surface area contributed by atoms with E-state index in [1.165, 1.54) is 32.2 Å². The third-order valence-corrected chi connectivity index (χ3v) is 4.38. The molecule has 2 aliphatic rings. The smallest absolute Gasteiger partial charge is 0.0636 e. The largest absolute Gasteiger partial charge is 0.380 e. The van der Waals surface area contributed by atoms with Gasteiger partial charge >= 0.3 is 0 Å². The topological polar surface area (TPSA) is 24.5 Å². The normalized spacial score (nSPS) is 31.2. The zero-order valence-corrected chi connectivity index (χ0v) is 11.5. The van der Waals surface area contributed by atoms with Gasteiger partial charge in [0.05, 0.1) is 6.61 Å². The van der Waals surface area contributed by atoms with E-state index in [0.717, 1.165) is 32.1 Å². The highest BCUT2D eigenvalue weighted by molar-refractivity contribution is 4.87. The molecule has 2 unspecified atom stereocenters. The summed E-state index contributed by atoms with van der Waals surface area (Å²) in [5.74, 6) is 0.934. The minimum atomic E-state index is 0.573. The molecule has 0 bridgehead atoms. The van der Waals surface area contributed by atoms with Crippen LogP contribution in [-0.4, -0.2) is 50.3 Å². The van der Waals surface area contributed by atoms with Crippen LogP contribution in [0.4, 0.5) is 0 Å². The van der Waals surface area contributed by atoms with Gasteiger partial charge in [-0.15, -0.1) is 0 Å². The molecule has 3 nitrogen and oxygen atoms in total. The van der Waals surface area contributed by atoms with Crippen molar-refractivity contribution in [3.8, 4) is 0 Å². The Balaban J connectivity index is 1.83. The Morgan fingerprint density at radius 2 is 2.00 bits per heavy atom. The van der Waals surface area contributed by atoms with E-state index in [0.29, 0.717) is 12.1 Å². The van der Waals surface area contributed by atoms with Gasteiger partial charge in [0.1, 0.15) is 0 Å². The molecule has 1 aliphatic heterocycles. The minimum absolute atomic E-state index is 0.573. The number of ether oxygens (including phenoxy) is 1. The first kappa shape index (κ1) is 13.3. The first-order valence-corrected chi connectivity index (χ1v) is 7.32. The molecule has 3 heteroatoms. The highest BCUT2D eigenvalue weighted by atomic mass is 16.5. The second-order valence-corrected chi connectivity index (χ2v) is 5.69. The molecule has 1 saturated carbocycles. The predicted octanol–water partition coefficient (Wildman–Crippen LogP) is 1.88. The Labute approximate surface area is 106 Å². The van der Waals surface area contributed by atoms with Crippen molar-refractivity contribution >= 4 is 0 Å². The molecule has 0 amide bonds. The van der Waals surface area contributed by atoms with E-state index in [4.69, 9.17) is 4.74 Å². The van der Waals surface area contributed by atoms with Crippen molar-refractivity contribution in [3.63, 3.8) is 0 Å². The number of nitrogens with one attached hydrogen (secondary N) is 1. The first-order valence-electron chi connectivity index (χ1n) is 7.32. The van der Waals surface area contributed by atoms with Crippen LogP contribution in [0.1, 0.15) is 39.0 Å². The number of nitrogens with zero attached hydrogens (tertiary/aromatic N) is 1. The van der Waals surface area contributed by atoms with Gasteiger partial charge in [0.2, 0.25) is 0 Å². The van der Waals surface area contributed by atoms with Crippen molar-refractivity contribution in [2.45, 2.75) is 51.1 Å². The molecule has 1 aliphatic carbocycles. The lowest BCUT2D eigenvalue weighted by Gasteiger charge is -2.39. The molecule has 17 heavy (non-hydrogen) atoms. The van der Waals surface area contributed by atoms with Crippen LogP contribution in [0.3, 0.4) is 0 Å². The van der Waals surface area contributed by atoms with Gasteiger partial charge in [-0.25, -0.2) is 0 Å². The second-order valence-electron chi connectivity index (χ2n) is 5.69. The third-order valence-electron chi connectivity index (χ3n) is 4.38. The lowest BCUT2D eigenvalue weighted by molar-refractivity contribution is 0.00211. The fraction of sp³-hybridized carbons (Fsp3) is 1.00. The molecule has 1 N–H and O–H groups in total. The van der Waals surface area contributed by atoms with Crippen molar-refractivity contribution in [2.75, 3.05) is 33.4 Å². The number of hydrogen-bond acceptors (Lipinski definition) is 3. The Hall–Kier alpha value is -0.120. The van der Waals surface area contributed by atoms with E-state index in [-0.39, 0.29) is 0 Å². The maximum Gasteiger partial charge on any atom is 0.0636 e. The summed E-state index contributed by atoms with van der Waals surface area (Å²) >= 11 is 0. The summed E-state index contributed by atoms with van der Waals surface area (Å²) in [4.78, 5) is 2.54. The van der Waals surface area contributed by atoms with Gasteiger partial charge in [0.25, 0.3) is 0 Å². The molecule has 2 fully saturated rings. The third kappa shape index (κ3) is 3.67. The first-order chi connectivity index (χ1) is 8.31.